The van der Waals surface area contributed by atoms with E-state index < -0.39 is 0 Å². The zero-order valence-corrected chi connectivity index (χ0v) is 9.96. The number of halogens is 1. The molecule has 3 rings (SSSR count). The van der Waals surface area contributed by atoms with Crippen LogP contribution in [0, 0.1) is 0 Å². The van der Waals surface area contributed by atoms with Crippen molar-refractivity contribution in [2.75, 3.05) is 18.0 Å². The average molecular weight is 250 g/mol. The van der Waals surface area contributed by atoms with Crippen molar-refractivity contribution in [3.8, 4) is 0 Å². The highest BCUT2D eigenvalue weighted by atomic mass is 35.5. The van der Waals surface area contributed by atoms with Crippen LogP contribution in [0.4, 0.5) is 5.95 Å². The van der Waals surface area contributed by atoms with Gasteiger partial charge in [-0.15, -0.1) is 0 Å². The number of nitrogens with zero attached hydrogens (tertiary/aromatic N) is 5. The monoisotopic (exact) mass is 249 g/mol. The summed E-state index contributed by atoms with van der Waals surface area (Å²) in [6.07, 6.45) is 8.13. The summed E-state index contributed by atoms with van der Waals surface area (Å²) >= 11 is 5.77. The van der Waals surface area contributed by atoms with Crippen LogP contribution < -0.4 is 4.90 Å². The molecular weight excluding hydrogens is 238 g/mol. The zero-order chi connectivity index (χ0) is 11.7. The molecule has 1 aliphatic heterocycles. The molecule has 0 aromatic carbocycles. The van der Waals surface area contributed by atoms with Gasteiger partial charge in [-0.2, -0.15) is 5.10 Å². The van der Waals surface area contributed by atoms with Crippen LogP contribution in [0.2, 0.25) is 5.02 Å². The van der Waals surface area contributed by atoms with Crippen molar-refractivity contribution in [2.45, 2.75) is 12.5 Å². The lowest BCUT2D eigenvalue weighted by atomic mass is 10.3. The number of aromatic nitrogens is 4. The van der Waals surface area contributed by atoms with Crippen molar-refractivity contribution in [2.24, 2.45) is 0 Å². The molecule has 0 saturated carbocycles. The van der Waals surface area contributed by atoms with Gasteiger partial charge in [-0.25, -0.2) is 9.97 Å². The summed E-state index contributed by atoms with van der Waals surface area (Å²) in [5, 5.41) is 4.83. The molecule has 1 unspecified atom stereocenters. The highest BCUT2D eigenvalue weighted by Gasteiger charge is 2.25. The summed E-state index contributed by atoms with van der Waals surface area (Å²) in [6.45, 7) is 1.84. The second-order valence-corrected chi connectivity index (χ2v) is 4.51. The van der Waals surface area contributed by atoms with Gasteiger partial charge in [-0.3, -0.25) is 4.68 Å². The van der Waals surface area contributed by atoms with Gasteiger partial charge in [0, 0.05) is 25.5 Å². The number of hydrogen-bond acceptors (Lipinski definition) is 4. The zero-order valence-electron chi connectivity index (χ0n) is 9.20. The van der Waals surface area contributed by atoms with Crippen molar-refractivity contribution < 1.29 is 0 Å². The fourth-order valence-corrected chi connectivity index (χ4v) is 2.20. The molecule has 1 saturated heterocycles. The predicted octanol–water partition coefficient (Wildman–Crippen LogP) is 1.78. The third-order valence-corrected chi connectivity index (χ3v) is 3.15. The summed E-state index contributed by atoms with van der Waals surface area (Å²) in [6, 6.07) is 2.35. The van der Waals surface area contributed by atoms with Crippen LogP contribution >= 0.6 is 11.6 Å². The van der Waals surface area contributed by atoms with Crippen LogP contribution in [0.15, 0.2) is 30.9 Å². The molecule has 0 radical (unpaired) electrons. The Morgan fingerprint density at radius 3 is 2.82 bits per heavy atom. The van der Waals surface area contributed by atoms with Gasteiger partial charge >= 0.3 is 0 Å². The fourth-order valence-electron chi connectivity index (χ4n) is 2.10. The van der Waals surface area contributed by atoms with E-state index in [0.717, 1.165) is 25.5 Å². The summed E-state index contributed by atoms with van der Waals surface area (Å²) < 4.78 is 2.00. The van der Waals surface area contributed by atoms with Gasteiger partial charge < -0.3 is 4.90 Å². The third kappa shape index (κ3) is 2.10. The first-order chi connectivity index (χ1) is 8.33. The normalized spacial score (nSPS) is 19.8. The minimum Gasteiger partial charge on any atom is -0.339 e. The van der Waals surface area contributed by atoms with E-state index in [1.165, 1.54) is 0 Å². The van der Waals surface area contributed by atoms with E-state index in [2.05, 4.69) is 20.0 Å². The van der Waals surface area contributed by atoms with Gasteiger partial charge in [-0.1, -0.05) is 11.6 Å². The molecule has 88 valence electrons. The first-order valence-corrected chi connectivity index (χ1v) is 5.92. The Labute approximate surface area is 104 Å². The maximum atomic E-state index is 5.77. The Hall–Kier alpha value is -1.62. The SMILES string of the molecule is Clc1cnc(N2CCC(n3cccn3)C2)nc1. The molecule has 2 aromatic rings. The van der Waals surface area contributed by atoms with Crippen LogP contribution in [0.25, 0.3) is 0 Å². The maximum Gasteiger partial charge on any atom is 0.225 e. The first-order valence-electron chi connectivity index (χ1n) is 5.54. The highest BCUT2D eigenvalue weighted by molar-refractivity contribution is 6.30. The first kappa shape index (κ1) is 10.5. The average Bonchev–Trinajstić information content (AvgIpc) is 3.00. The molecule has 6 heteroatoms. The Bertz CT molecular complexity index is 481. The smallest absolute Gasteiger partial charge is 0.225 e. The van der Waals surface area contributed by atoms with Crippen molar-refractivity contribution in [3.63, 3.8) is 0 Å². The minimum absolute atomic E-state index is 0.407. The van der Waals surface area contributed by atoms with Crippen LogP contribution in [0.3, 0.4) is 0 Å². The molecule has 0 bridgehead atoms. The van der Waals surface area contributed by atoms with Crippen molar-refractivity contribution in [1.82, 2.24) is 19.7 Å². The largest absolute Gasteiger partial charge is 0.339 e. The van der Waals surface area contributed by atoms with Crippen LogP contribution in [-0.4, -0.2) is 32.8 Å². The molecule has 1 atom stereocenters. The quantitative estimate of drug-likeness (QED) is 0.814. The molecule has 17 heavy (non-hydrogen) atoms. The molecule has 2 aromatic heterocycles. The second-order valence-electron chi connectivity index (χ2n) is 4.08. The Morgan fingerprint density at radius 2 is 2.12 bits per heavy atom. The highest BCUT2D eigenvalue weighted by Crippen LogP contribution is 2.23. The van der Waals surface area contributed by atoms with Crippen molar-refractivity contribution in [1.29, 1.82) is 0 Å². The molecule has 0 spiro atoms. The van der Waals surface area contributed by atoms with Crippen molar-refractivity contribution >= 4 is 17.5 Å². The van der Waals surface area contributed by atoms with E-state index in [4.69, 9.17) is 11.6 Å². The third-order valence-electron chi connectivity index (χ3n) is 2.95. The van der Waals surface area contributed by atoms with Crippen LogP contribution in [0.5, 0.6) is 0 Å². The molecular formula is C11H12ClN5. The lowest BCUT2D eigenvalue weighted by Gasteiger charge is -2.16. The van der Waals surface area contributed by atoms with Gasteiger partial charge in [0.25, 0.3) is 0 Å². The standard InChI is InChI=1S/C11H12ClN5/c12-9-6-13-11(14-7-9)16-5-2-10(8-16)17-4-1-3-15-17/h1,3-4,6-7,10H,2,5,8H2. The Kier molecular flexibility index (Phi) is 2.68. The van der Waals surface area contributed by atoms with Gasteiger partial charge in [-0.05, 0) is 12.5 Å². The Balaban J connectivity index is 1.74. The summed E-state index contributed by atoms with van der Waals surface area (Å²) in [5.41, 5.74) is 0. The summed E-state index contributed by atoms with van der Waals surface area (Å²) in [4.78, 5) is 10.6. The van der Waals surface area contributed by atoms with Crippen LogP contribution in [0.1, 0.15) is 12.5 Å². The molecule has 1 aliphatic rings. The van der Waals surface area contributed by atoms with E-state index >= 15 is 0 Å². The topological polar surface area (TPSA) is 46.8 Å². The molecule has 0 aliphatic carbocycles. The minimum atomic E-state index is 0.407. The summed E-state index contributed by atoms with van der Waals surface area (Å²) in [7, 11) is 0. The summed E-state index contributed by atoms with van der Waals surface area (Å²) in [5.74, 6) is 0.740. The van der Waals surface area contributed by atoms with E-state index in [-0.39, 0.29) is 0 Å². The van der Waals surface area contributed by atoms with E-state index in [1.54, 1.807) is 18.6 Å². The molecule has 0 N–H and O–H groups in total. The maximum absolute atomic E-state index is 5.77. The van der Waals surface area contributed by atoms with E-state index in [0.29, 0.717) is 11.1 Å². The molecule has 3 heterocycles. The number of rotatable bonds is 2. The molecule has 0 amide bonds. The molecule has 5 nitrogen and oxygen atoms in total. The molecule has 1 fully saturated rings. The van der Waals surface area contributed by atoms with Gasteiger partial charge in [0.15, 0.2) is 0 Å². The second kappa shape index (κ2) is 4.33. The van der Waals surface area contributed by atoms with Gasteiger partial charge in [0.1, 0.15) is 0 Å². The number of hydrogen-bond donors (Lipinski definition) is 0. The van der Waals surface area contributed by atoms with Gasteiger partial charge in [0.05, 0.1) is 23.5 Å². The van der Waals surface area contributed by atoms with Gasteiger partial charge in [0.2, 0.25) is 5.95 Å². The Morgan fingerprint density at radius 1 is 1.29 bits per heavy atom. The fraction of sp³-hybridized carbons (Fsp3) is 0.364. The van der Waals surface area contributed by atoms with E-state index in [1.807, 2.05) is 16.9 Å². The van der Waals surface area contributed by atoms with Crippen LogP contribution in [-0.2, 0) is 0 Å². The lowest BCUT2D eigenvalue weighted by molar-refractivity contribution is 0.494. The van der Waals surface area contributed by atoms with E-state index in [9.17, 15) is 0 Å². The lowest BCUT2D eigenvalue weighted by Crippen LogP contribution is -2.23. The van der Waals surface area contributed by atoms with Crippen molar-refractivity contribution in [3.05, 3.63) is 35.9 Å². The number of anilines is 1. The predicted molar refractivity (Wildman–Crippen MR) is 65.1 cm³/mol.